The van der Waals surface area contributed by atoms with Crippen LogP contribution in [0.25, 0.3) is 21.5 Å². The summed E-state index contributed by atoms with van der Waals surface area (Å²) < 4.78 is 0. The smallest absolute Gasteiger partial charge is 0.0373 e. The molecule has 3 aromatic carbocycles. The lowest BCUT2D eigenvalue weighted by Crippen LogP contribution is -2.27. The minimum atomic E-state index is 0.982. The summed E-state index contributed by atoms with van der Waals surface area (Å²) in [5.41, 5.74) is 1.29. The van der Waals surface area contributed by atoms with Gasteiger partial charge in [-0.05, 0) is 33.7 Å². The summed E-state index contributed by atoms with van der Waals surface area (Å²) in [7, 11) is 0. The SMILES string of the molecule is BrCCN(CCBr)c1ccc2c(ccc3ccccc32)c1. The molecule has 0 saturated carbocycles. The van der Waals surface area contributed by atoms with Crippen LogP contribution in [0.3, 0.4) is 0 Å². The standard InChI is InChI=1S/C18H17Br2N/c19-9-11-21(12-10-20)16-7-8-18-15(13-16)6-5-14-3-1-2-4-17(14)18/h1-8,13H,9-12H2. The predicted octanol–water partition coefficient (Wildman–Crippen LogP) is 5.59. The number of rotatable bonds is 5. The molecule has 0 amide bonds. The van der Waals surface area contributed by atoms with Crippen LogP contribution in [0.4, 0.5) is 5.69 Å². The molecular weight excluding hydrogens is 390 g/mol. The maximum Gasteiger partial charge on any atom is 0.0373 e. The maximum atomic E-state index is 3.54. The van der Waals surface area contributed by atoms with Gasteiger partial charge in [0.05, 0.1) is 0 Å². The van der Waals surface area contributed by atoms with Crippen molar-refractivity contribution in [1.82, 2.24) is 0 Å². The normalized spacial score (nSPS) is 11.1. The van der Waals surface area contributed by atoms with Gasteiger partial charge in [-0.3, -0.25) is 0 Å². The average Bonchev–Trinajstić information content (AvgIpc) is 2.54. The van der Waals surface area contributed by atoms with Crippen molar-refractivity contribution < 1.29 is 0 Å². The van der Waals surface area contributed by atoms with E-state index in [-0.39, 0.29) is 0 Å². The first-order valence-electron chi connectivity index (χ1n) is 7.12. The molecule has 0 fully saturated rings. The van der Waals surface area contributed by atoms with Crippen LogP contribution >= 0.6 is 31.9 Å². The molecule has 0 N–H and O–H groups in total. The van der Waals surface area contributed by atoms with Gasteiger partial charge in [0.1, 0.15) is 0 Å². The molecule has 108 valence electrons. The number of hydrogen-bond donors (Lipinski definition) is 0. The number of hydrogen-bond acceptors (Lipinski definition) is 1. The first-order valence-corrected chi connectivity index (χ1v) is 9.36. The molecular formula is C18H17Br2N. The van der Waals surface area contributed by atoms with Gasteiger partial charge in [0.15, 0.2) is 0 Å². The Bertz CT molecular complexity index is 748. The summed E-state index contributed by atoms with van der Waals surface area (Å²) in [6.45, 7) is 2.04. The van der Waals surface area contributed by atoms with Crippen molar-refractivity contribution >= 4 is 59.1 Å². The third-order valence-electron chi connectivity index (χ3n) is 3.80. The molecule has 0 aliphatic heterocycles. The predicted molar refractivity (Wildman–Crippen MR) is 101 cm³/mol. The lowest BCUT2D eigenvalue weighted by molar-refractivity contribution is 0.886. The second-order valence-electron chi connectivity index (χ2n) is 5.06. The molecule has 0 unspecified atom stereocenters. The van der Waals surface area contributed by atoms with Crippen molar-refractivity contribution in [3.8, 4) is 0 Å². The first kappa shape index (κ1) is 14.9. The fourth-order valence-corrected chi connectivity index (χ4v) is 3.63. The Balaban J connectivity index is 2.09. The molecule has 1 nitrogen and oxygen atoms in total. The lowest BCUT2D eigenvalue weighted by atomic mass is 10.0. The monoisotopic (exact) mass is 405 g/mol. The highest BCUT2D eigenvalue weighted by molar-refractivity contribution is 9.09. The molecule has 0 atom stereocenters. The molecule has 0 aromatic heterocycles. The third kappa shape index (κ3) is 3.09. The van der Waals surface area contributed by atoms with Gasteiger partial charge in [-0.2, -0.15) is 0 Å². The number of anilines is 1. The topological polar surface area (TPSA) is 3.24 Å². The van der Waals surface area contributed by atoms with Crippen LogP contribution in [0.2, 0.25) is 0 Å². The second kappa shape index (κ2) is 6.80. The Labute approximate surface area is 142 Å². The zero-order valence-electron chi connectivity index (χ0n) is 11.7. The van der Waals surface area contributed by atoms with E-state index in [4.69, 9.17) is 0 Å². The number of benzene rings is 3. The maximum absolute atomic E-state index is 3.54. The van der Waals surface area contributed by atoms with Crippen LogP contribution in [-0.2, 0) is 0 Å². The van der Waals surface area contributed by atoms with Gasteiger partial charge in [-0.1, -0.05) is 74.3 Å². The van der Waals surface area contributed by atoms with Gasteiger partial charge >= 0.3 is 0 Å². The quantitative estimate of drug-likeness (QED) is 0.394. The molecule has 0 spiro atoms. The van der Waals surface area contributed by atoms with Crippen LogP contribution in [0.15, 0.2) is 54.6 Å². The molecule has 0 saturated heterocycles. The fraction of sp³-hybridized carbons (Fsp3) is 0.222. The zero-order valence-corrected chi connectivity index (χ0v) is 14.9. The van der Waals surface area contributed by atoms with Gasteiger partial charge in [0.25, 0.3) is 0 Å². The van der Waals surface area contributed by atoms with Crippen LogP contribution < -0.4 is 4.90 Å². The van der Waals surface area contributed by atoms with Gasteiger partial charge in [0, 0.05) is 29.4 Å². The van der Waals surface area contributed by atoms with E-state index in [0.717, 1.165) is 23.7 Å². The van der Waals surface area contributed by atoms with E-state index >= 15 is 0 Å². The molecule has 3 aromatic rings. The summed E-state index contributed by atoms with van der Waals surface area (Å²) in [5, 5.41) is 7.23. The molecule has 0 heterocycles. The van der Waals surface area contributed by atoms with Crippen molar-refractivity contribution in [2.24, 2.45) is 0 Å². The summed E-state index contributed by atoms with van der Waals surface area (Å²) in [4.78, 5) is 2.40. The lowest BCUT2D eigenvalue weighted by Gasteiger charge is -2.23. The van der Waals surface area contributed by atoms with Crippen molar-refractivity contribution in [3.63, 3.8) is 0 Å². The molecule has 3 rings (SSSR count). The van der Waals surface area contributed by atoms with E-state index < -0.39 is 0 Å². The molecule has 21 heavy (non-hydrogen) atoms. The average molecular weight is 407 g/mol. The third-order valence-corrected chi connectivity index (χ3v) is 4.51. The van der Waals surface area contributed by atoms with Gasteiger partial charge in [-0.15, -0.1) is 0 Å². The van der Waals surface area contributed by atoms with Crippen molar-refractivity contribution in [1.29, 1.82) is 0 Å². The highest BCUT2D eigenvalue weighted by Gasteiger charge is 2.07. The summed E-state index contributed by atoms with van der Waals surface area (Å²) in [6.07, 6.45) is 0. The fourth-order valence-electron chi connectivity index (χ4n) is 2.77. The Morgan fingerprint density at radius 3 is 2.14 bits per heavy atom. The summed E-state index contributed by atoms with van der Waals surface area (Å²) in [5.74, 6) is 0. The number of fused-ring (bicyclic) bond motifs is 3. The van der Waals surface area contributed by atoms with Gasteiger partial charge in [-0.25, -0.2) is 0 Å². The Kier molecular flexibility index (Phi) is 4.81. The van der Waals surface area contributed by atoms with E-state index in [1.54, 1.807) is 0 Å². The van der Waals surface area contributed by atoms with Crippen molar-refractivity contribution in [3.05, 3.63) is 54.6 Å². The van der Waals surface area contributed by atoms with Gasteiger partial charge in [0.2, 0.25) is 0 Å². The summed E-state index contributed by atoms with van der Waals surface area (Å²) >= 11 is 7.09. The van der Waals surface area contributed by atoms with Crippen LogP contribution in [0.1, 0.15) is 0 Å². The Morgan fingerprint density at radius 1 is 0.714 bits per heavy atom. The Hall–Kier alpha value is -1.06. The van der Waals surface area contributed by atoms with E-state index in [2.05, 4.69) is 91.4 Å². The van der Waals surface area contributed by atoms with E-state index in [0.29, 0.717) is 0 Å². The molecule has 0 radical (unpaired) electrons. The molecule has 0 aliphatic carbocycles. The number of alkyl halides is 2. The molecule has 0 bridgehead atoms. The largest absolute Gasteiger partial charge is 0.370 e. The first-order chi connectivity index (χ1) is 10.3. The highest BCUT2D eigenvalue weighted by atomic mass is 79.9. The minimum absolute atomic E-state index is 0.982. The molecule has 3 heteroatoms. The van der Waals surface area contributed by atoms with Crippen LogP contribution in [0.5, 0.6) is 0 Å². The second-order valence-corrected chi connectivity index (χ2v) is 6.64. The van der Waals surface area contributed by atoms with E-state index in [1.165, 1.54) is 27.2 Å². The van der Waals surface area contributed by atoms with Crippen LogP contribution in [0, 0.1) is 0 Å². The Morgan fingerprint density at radius 2 is 1.38 bits per heavy atom. The van der Waals surface area contributed by atoms with Crippen LogP contribution in [-0.4, -0.2) is 23.7 Å². The highest BCUT2D eigenvalue weighted by Crippen LogP contribution is 2.28. The minimum Gasteiger partial charge on any atom is -0.370 e. The van der Waals surface area contributed by atoms with Crippen molar-refractivity contribution in [2.45, 2.75) is 0 Å². The van der Waals surface area contributed by atoms with E-state index in [9.17, 15) is 0 Å². The van der Waals surface area contributed by atoms with Crippen molar-refractivity contribution in [2.75, 3.05) is 28.6 Å². The van der Waals surface area contributed by atoms with Gasteiger partial charge < -0.3 is 4.90 Å². The zero-order chi connectivity index (χ0) is 14.7. The van der Waals surface area contributed by atoms with E-state index in [1.807, 2.05) is 0 Å². The number of halogens is 2. The number of nitrogens with zero attached hydrogens (tertiary/aromatic N) is 1. The molecule has 0 aliphatic rings. The summed E-state index contributed by atoms with van der Waals surface area (Å²) in [6, 6.07) is 19.8.